The topological polar surface area (TPSA) is 79.6 Å². The van der Waals surface area contributed by atoms with E-state index in [1.165, 1.54) is 6.33 Å². The molecule has 20 heavy (non-hydrogen) atoms. The fourth-order valence-corrected chi connectivity index (χ4v) is 3.10. The highest BCUT2D eigenvalue weighted by atomic mass is 32.2. The van der Waals surface area contributed by atoms with E-state index in [1.54, 1.807) is 23.1 Å². The predicted molar refractivity (Wildman–Crippen MR) is 83.0 cm³/mol. The van der Waals surface area contributed by atoms with Gasteiger partial charge in [-0.3, -0.25) is 5.10 Å². The molecule has 0 amide bonds. The van der Waals surface area contributed by atoms with Gasteiger partial charge < -0.3 is 11.1 Å². The fourth-order valence-electron chi connectivity index (χ4n) is 1.67. The third kappa shape index (κ3) is 3.12. The van der Waals surface area contributed by atoms with Crippen molar-refractivity contribution in [2.75, 3.05) is 11.1 Å². The van der Waals surface area contributed by atoms with Crippen LogP contribution in [0.4, 0.5) is 11.4 Å². The molecule has 0 saturated carbocycles. The maximum absolute atomic E-state index is 5.86. The molecule has 0 radical (unpaired) electrons. The number of nitrogens with zero attached hydrogens (tertiary/aromatic N) is 2. The van der Waals surface area contributed by atoms with E-state index in [-0.39, 0.29) is 0 Å². The predicted octanol–water partition coefficient (Wildman–Crippen LogP) is 3.21. The lowest BCUT2D eigenvalue weighted by atomic mass is 10.3. The largest absolute Gasteiger partial charge is 0.398 e. The second kappa shape index (κ2) is 5.98. The molecule has 2 heterocycles. The molecular weight excluding hydrogens is 290 g/mol. The molecule has 0 unspecified atom stereocenters. The Hall–Kier alpha value is -1.99. The molecule has 3 aromatic rings. The number of thiophene rings is 1. The Morgan fingerprint density at radius 1 is 1.25 bits per heavy atom. The normalized spacial score (nSPS) is 10.6. The number of hydrogen-bond donors (Lipinski definition) is 3. The van der Waals surface area contributed by atoms with Crippen LogP contribution >= 0.6 is 23.1 Å². The average molecular weight is 303 g/mol. The molecule has 0 bridgehead atoms. The van der Waals surface area contributed by atoms with Crippen LogP contribution in [0.25, 0.3) is 0 Å². The molecule has 1 aromatic carbocycles. The average Bonchev–Trinajstić information content (AvgIpc) is 3.10. The van der Waals surface area contributed by atoms with E-state index in [2.05, 4.69) is 20.5 Å². The zero-order valence-electron chi connectivity index (χ0n) is 10.5. The van der Waals surface area contributed by atoms with E-state index in [9.17, 15) is 0 Å². The Kier molecular flexibility index (Phi) is 3.89. The number of anilines is 2. The summed E-state index contributed by atoms with van der Waals surface area (Å²) < 4.78 is 0. The Morgan fingerprint density at radius 3 is 2.75 bits per heavy atom. The molecular formula is C13H13N5S2. The van der Waals surface area contributed by atoms with Crippen molar-refractivity contribution in [2.24, 2.45) is 0 Å². The minimum absolute atomic E-state index is 0.748. The van der Waals surface area contributed by atoms with Crippen molar-refractivity contribution in [1.29, 1.82) is 0 Å². The Bertz CT molecular complexity index is 660. The van der Waals surface area contributed by atoms with Gasteiger partial charge in [0.25, 0.3) is 0 Å². The Balaban J connectivity index is 1.60. The summed E-state index contributed by atoms with van der Waals surface area (Å²) in [4.78, 5) is 6.35. The van der Waals surface area contributed by atoms with Crippen LogP contribution in [-0.2, 0) is 6.54 Å². The van der Waals surface area contributed by atoms with Gasteiger partial charge in [0.05, 0.1) is 6.54 Å². The van der Waals surface area contributed by atoms with E-state index < -0.39 is 0 Å². The second-order valence-electron chi connectivity index (χ2n) is 4.07. The van der Waals surface area contributed by atoms with E-state index in [4.69, 9.17) is 5.73 Å². The van der Waals surface area contributed by atoms with E-state index in [0.717, 1.165) is 32.8 Å². The molecule has 0 fully saturated rings. The molecule has 3 rings (SSSR count). The zero-order valence-corrected chi connectivity index (χ0v) is 12.2. The molecule has 5 nitrogen and oxygen atoms in total. The number of aromatic nitrogens is 3. The summed E-state index contributed by atoms with van der Waals surface area (Å²) in [5.41, 5.74) is 7.77. The number of H-pyrrole nitrogens is 1. The van der Waals surface area contributed by atoms with Crippen LogP contribution < -0.4 is 11.1 Å². The van der Waals surface area contributed by atoms with E-state index in [0.29, 0.717) is 0 Å². The quantitative estimate of drug-likeness (QED) is 0.674. The van der Waals surface area contributed by atoms with Gasteiger partial charge in [0.2, 0.25) is 0 Å². The van der Waals surface area contributed by atoms with Crippen molar-refractivity contribution in [1.82, 2.24) is 15.2 Å². The lowest BCUT2D eigenvalue weighted by Gasteiger charge is -2.06. The molecule has 0 aliphatic heterocycles. The maximum Gasteiger partial charge on any atom is 0.188 e. The second-order valence-corrected chi connectivity index (χ2v) is 6.13. The summed E-state index contributed by atoms with van der Waals surface area (Å²) in [6, 6.07) is 10.1. The lowest BCUT2D eigenvalue weighted by Crippen LogP contribution is -1.99. The van der Waals surface area contributed by atoms with Crippen LogP contribution in [0.2, 0.25) is 0 Å². The van der Waals surface area contributed by atoms with Gasteiger partial charge in [-0.2, -0.15) is 5.10 Å². The summed E-state index contributed by atoms with van der Waals surface area (Å²) in [5.74, 6) is 0. The van der Waals surface area contributed by atoms with Crippen LogP contribution in [0.3, 0.4) is 0 Å². The zero-order chi connectivity index (χ0) is 13.8. The smallest absolute Gasteiger partial charge is 0.188 e. The molecule has 0 aliphatic carbocycles. The van der Waals surface area contributed by atoms with Crippen molar-refractivity contribution < 1.29 is 0 Å². The molecule has 0 aliphatic rings. The molecule has 7 heteroatoms. The van der Waals surface area contributed by atoms with Gasteiger partial charge in [-0.05, 0) is 35.7 Å². The molecule has 0 spiro atoms. The van der Waals surface area contributed by atoms with Crippen molar-refractivity contribution in [3.05, 3.63) is 46.9 Å². The highest BCUT2D eigenvalue weighted by molar-refractivity contribution is 7.99. The van der Waals surface area contributed by atoms with Gasteiger partial charge in [-0.1, -0.05) is 11.8 Å². The van der Waals surface area contributed by atoms with Crippen LogP contribution in [0, 0.1) is 0 Å². The summed E-state index contributed by atoms with van der Waals surface area (Å²) in [6.07, 6.45) is 1.50. The lowest BCUT2D eigenvalue weighted by molar-refractivity contribution is 0.973. The van der Waals surface area contributed by atoms with Crippen molar-refractivity contribution in [3.8, 4) is 0 Å². The van der Waals surface area contributed by atoms with Gasteiger partial charge in [-0.15, -0.1) is 11.3 Å². The van der Waals surface area contributed by atoms with Gasteiger partial charge in [0.1, 0.15) is 6.33 Å². The third-order valence-electron chi connectivity index (χ3n) is 2.69. The standard InChI is InChI=1S/C13H13N5S2/c14-11-5-6-19-12(11)7-15-9-1-3-10(4-2-9)20-13-16-8-17-18-13/h1-6,8,15H,7,14H2,(H,16,17,18). The number of nitrogens with one attached hydrogen (secondary N) is 2. The van der Waals surface area contributed by atoms with Crippen LogP contribution in [0.15, 0.2) is 52.1 Å². The number of nitrogen functional groups attached to an aromatic ring is 1. The van der Waals surface area contributed by atoms with Crippen molar-refractivity contribution in [3.63, 3.8) is 0 Å². The monoisotopic (exact) mass is 303 g/mol. The molecule has 4 N–H and O–H groups in total. The first-order chi connectivity index (χ1) is 9.81. The third-order valence-corrected chi connectivity index (χ3v) is 4.53. The summed E-state index contributed by atoms with van der Waals surface area (Å²) >= 11 is 3.21. The van der Waals surface area contributed by atoms with Crippen LogP contribution in [0.1, 0.15) is 4.88 Å². The number of rotatable bonds is 5. The van der Waals surface area contributed by atoms with E-state index >= 15 is 0 Å². The maximum atomic E-state index is 5.86. The number of aromatic amines is 1. The Morgan fingerprint density at radius 2 is 2.10 bits per heavy atom. The molecule has 102 valence electrons. The SMILES string of the molecule is Nc1ccsc1CNc1ccc(Sc2ncn[nH]2)cc1. The minimum atomic E-state index is 0.748. The number of benzene rings is 1. The van der Waals surface area contributed by atoms with Gasteiger partial charge >= 0.3 is 0 Å². The Labute approximate surface area is 124 Å². The fraction of sp³-hybridized carbons (Fsp3) is 0.0769. The van der Waals surface area contributed by atoms with Crippen LogP contribution in [0.5, 0.6) is 0 Å². The van der Waals surface area contributed by atoms with Gasteiger partial charge in [-0.25, -0.2) is 4.98 Å². The van der Waals surface area contributed by atoms with E-state index in [1.807, 2.05) is 35.7 Å². The first kappa shape index (κ1) is 13.0. The van der Waals surface area contributed by atoms with Crippen LogP contribution in [-0.4, -0.2) is 15.2 Å². The van der Waals surface area contributed by atoms with Crippen molar-refractivity contribution >= 4 is 34.5 Å². The van der Waals surface area contributed by atoms with Crippen molar-refractivity contribution in [2.45, 2.75) is 16.6 Å². The molecule has 2 aromatic heterocycles. The number of hydrogen-bond acceptors (Lipinski definition) is 6. The van der Waals surface area contributed by atoms with Gasteiger partial charge in [0, 0.05) is 21.1 Å². The summed E-state index contributed by atoms with van der Waals surface area (Å²) in [5, 5.41) is 12.8. The molecule has 0 saturated heterocycles. The first-order valence-electron chi connectivity index (χ1n) is 6.00. The highest BCUT2D eigenvalue weighted by Gasteiger charge is 2.02. The summed E-state index contributed by atoms with van der Waals surface area (Å²) in [7, 11) is 0. The number of nitrogens with two attached hydrogens (primary N) is 1. The van der Waals surface area contributed by atoms with Gasteiger partial charge in [0.15, 0.2) is 5.16 Å². The minimum Gasteiger partial charge on any atom is -0.398 e. The molecule has 0 atom stereocenters. The highest BCUT2D eigenvalue weighted by Crippen LogP contribution is 2.26. The summed E-state index contributed by atoms with van der Waals surface area (Å²) in [6.45, 7) is 0.748. The first-order valence-corrected chi connectivity index (χ1v) is 7.70.